The molecular weight excluding hydrogens is 275 g/mol. The first-order chi connectivity index (χ1) is 11.4. The van der Waals surface area contributed by atoms with E-state index in [1.165, 1.54) is 72.0 Å². The quantitative estimate of drug-likeness (QED) is 0.434. The minimum atomic E-state index is 0.727. The molecule has 3 aromatic carbocycles. The summed E-state index contributed by atoms with van der Waals surface area (Å²) in [5, 5.41) is 5.88. The summed E-state index contributed by atoms with van der Waals surface area (Å²) in [5.74, 6) is 0.727. The Morgan fingerprint density at radius 2 is 1.04 bits per heavy atom. The fraction of sp³-hybridized carbons (Fsp3) is 0.364. The number of rotatable bonds is 1. The maximum atomic E-state index is 2.35. The van der Waals surface area contributed by atoms with E-state index in [1.54, 1.807) is 5.56 Å². The largest absolute Gasteiger partial charge is 0.140 e. The summed E-state index contributed by atoms with van der Waals surface area (Å²) in [5.41, 5.74) is 3.06. The monoisotopic (exact) mass is 300 g/mol. The number of hydrogen-bond acceptors (Lipinski definition) is 0. The molecule has 0 atom stereocenters. The molecule has 0 radical (unpaired) electrons. The molecule has 0 bridgehead atoms. The Balaban J connectivity index is 1.99. The predicted octanol–water partition coefficient (Wildman–Crippen LogP) is 5.08. The van der Waals surface area contributed by atoms with Crippen LogP contribution < -0.4 is 5.46 Å². The van der Waals surface area contributed by atoms with E-state index < -0.39 is 0 Å². The lowest BCUT2D eigenvalue weighted by atomic mass is 9.77. The van der Waals surface area contributed by atoms with Crippen LogP contribution in [0.5, 0.6) is 0 Å². The van der Waals surface area contributed by atoms with Crippen molar-refractivity contribution in [2.24, 2.45) is 0 Å². The van der Waals surface area contributed by atoms with Crippen molar-refractivity contribution in [2.75, 3.05) is 0 Å². The molecule has 0 nitrogen and oxygen atoms in total. The normalized spacial score (nSPS) is 17.2. The molecule has 1 aliphatic carbocycles. The van der Waals surface area contributed by atoms with Gasteiger partial charge in [0, 0.05) is 0 Å². The zero-order valence-corrected chi connectivity index (χ0v) is 14.1. The smallest absolute Gasteiger partial charge is 0.0736 e. The summed E-state index contributed by atoms with van der Waals surface area (Å²) in [7, 11) is 2.28. The van der Waals surface area contributed by atoms with Gasteiger partial charge in [0.05, 0.1) is 0 Å². The van der Waals surface area contributed by atoms with Crippen LogP contribution in [0.25, 0.3) is 21.5 Å². The Morgan fingerprint density at radius 1 is 0.609 bits per heavy atom. The van der Waals surface area contributed by atoms with Crippen molar-refractivity contribution in [1.82, 2.24) is 0 Å². The third-order valence-electron chi connectivity index (χ3n) is 5.76. The topological polar surface area (TPSA) is 0 Å². The highest BCUT2D eigenvalue weighted by molar-refractivity contribution is 6.45. The Labute approximate surface area is 140 Å². The van der Waals surface area contributed by atoms with Gasteiger partial charge in [-0.05, 0) is 45.9 Å². The third-order valence-corrected chi connectivity index (χ3v) is 5.76. The van der Waals surface area contributed by atoms with Gasteiger partial charge in [-0.3, -0.25) is 0 Å². The Hall–Kier alpha value is -1.76. The molecular formula is C22H25B. The van der Waals surface area contributed by atoms with Crippen LogP contribution in [0.4, 0.5) is 0 Å². The summed E-state index contributed by atoms with van der Waals surface area (Å²) in [6, 6.07) is 18.1. The molecule has 1 aliphatic rings. The first-order valence-corrected chi connectivity index (χ1v) is 9.26. The van der Waals surface area contributed by atoms with Crippen LogP contribution in [0, 0.1) is 0 Å². The van der Waals surface area contributed by atoms with Gasteiger partial charge < -0.3 is 0 Å². The van der Waals surface area contributed by atoms with Crippen molar-refractivity contribution < 1.29 is 0 Å². The van der Waals surface area contributed by atoms with E-state index in [1.807, 2.05) is 0 Å². The van der Waals surface area contributed by atoms with Crippen LogP contribution >= 0.6 is 0 Å². The molecule has 1 saturated carbocycles. The minimum Gasteiger partial charge on any atom is -0.0736 e. The molecule has 3 aromatic rings. The highest BCUT2D eigenvalue weighted by Crippen LogP contribution is 2.38. The van der Waals surface area contributed by atoms with E-state index in [9.17, 15) is 0 Å². The summed E-state index contributed by atoms with van der Waals surface area (Å²) < 4.78 is 0. The zero-order chi connectivity index (χ0) is 15.6. The Kier molecular flexibility index (Phi) is 4.12. The van der Waals surface area contributed by atoms with Crippen LogP contribution in [0.1, 0.15) is 56.4 Å². The second kappa shape index (κ2) is 6.39. The van der Waals surface area contributed by atoms with Crippen molar-refractivity contribution in [3.63, 3.8) is 0 Å². The van der Waals surface area contributed by atoms with Crippen molar-refractivity contribution in [3.8, 4) is 0 Å². The standard InChI is InChI=1S/C22H25B/c23-22-19-14-8-6-12-17(19)21(18-13-7-9-15-20(18)22)16-10-4-2-1-3-5-11-16/h6-9,12-16H,1-5,10-11,23H2. The van der Waals surface area contributed by atoms with E-state index in [-0.39, 0.29) is 0 Å². The fourth-order valence-corrected chi connectivity index (χ4v) is 4.56. The molecule has 0 spiro atoms. The molecule has 0 heterocycles. The van der Waals surface area contributed by atoms with E-state index in [2.05, 4.69) is 56.4 Å². The molecule has 0 N–H and O–H groups in total. The minimum absolute atomic E-state index is 0.727. The van der Waals surface area contributed by atoms with E-state index >= 15 is 0 Å². The predicted molar refractivity (Wildman–Crippen MR) is 105 cm³/mol. The molecule has 0 saturated heterocycles. The van der Waals surface area contributed by atoms with E-state index in [0.29, 0.717) is 0 Å². The maximum Gasteiger partial charge on any atom is 0.140 e. The van der Waals surface area contributed by atoms with Gasteiger partial charge in [0.25, 0.3) is 0 Å². The second-order valence-corrected chi connectivity index (χ2v) is 7.17. The van der Waals surface area contributed by atoms with Crippen LogP contribution in [0.15, 0.2) is 48.5 Å². The summed E-state index contributed by atoms with van der Waals surface area (Å²) in [4.78, 5) is 0. The Morgan fingerprint density at radius 3 is 1.57 bits per heavy atom. The molecule has 4 rings (SSSR count). The van der Waals surface area contributed by atoms with E-state index in [0.717, 1.165) is 5.92 Å². The van der Waals surface area contributed by atoms with Crippen LogP contribution in [-0.2, 0) is 0 Å². The average Bonchev–Trinajstić information content (AvgIpc) is 2.57. The van der Waals surface area contributed by atoms with Gasteiger partial charge in [0.2, 0.25) is 0 Å². The molecule has 116 valence electrons. The molecule has 23 heavy (non-hydrogen) atoms. The lowest BCUT2D eigenvalue weighted by Gasteiger charge is -2.24. The van der Waals surface area contributed by atoms with E-state index in [4.69, 9.17) is 0 Å². The lowest BCUT2D eigenvalue weighted by molar-refractivity contribution is 0.459. The van der Waals surface area contributed by atoms with Gasteiger partial charge in [-0.25, -0.2) is 0 Å². The first kappa shape index (κ1) is 14.8. The van der Waals surface area contributed by atoms with Gasteiger partial charge >= 0.3 is 0 Å². The number of fused-ring (bicyclic) bond motifs is 2. The Bertz CT molecular complexity index is 769. The molecule has 0 aromatic heterocycles. The third kappa shape index (κ3) is 2.67. The molecule has 0 unspecified atom stereocenters. The first-order valence-electron chi connectivity index (χ1n) is 9.26. The van der Waals surface area contributed by atoms with Gasteiger partial charge in [0.1, 0.15) is 7.85 Å². The van der Waals surface area contributed by atoms with Gasteiger partial charge in [-0.2, -0.15) is 0 Å². The SMILES string of the molecule is Bc1c2ccccc2c(C2CCCCCCC2)c2ccccc12. The number of hydrogen-bond donors (Lipinski definition) is 0. The maximum absolute atomic E-state index is 2.35. The highest BCUT2D eigenvalue weighted by atomic mass is 14.2. The number of benzene rings is 3. The summed E-state index contributed by atoms with van der Waals surface area (Å²) in [6.45, 7) is 0. The van der Waals surface area contributed by atoms with Crippen molar-refractivity contribution >= 4 is 34.9 Å². The van der Waals surface area contributed by atoms with Crippen molar-refractivity contribution in [1.29, 1.82) is 0 Å². The van der Waals surface area contributed by atoms with Crippen LogP contribution in [0.3, 0.4) is 0 Å². The van der Waals surface area contributed by atoms with Crippen molar-refractivity contribution in [2.45, 2.75) is 50.9 Å². The van der Waals surface area contributed by atoms with Crippen molar-refractivity contribution in [3.05, 3.63) is 54.1 Å². The molecule has 0 amide bonds. The fourth-order valence-electron chi connectivity index (χ4n) is 4.56. The summed E-state index contributed by atoms with van der Waals surface area (Å²) >= 11 is 0. The summed E-state index contributed by atoms with van der Waals surface area (Å²) in [6.07, 6.45) is 9.76. The molecule has 1 fully saturated rings. The van der Waals surface area contributed by atoms with Gasteiger partial charge in [-0.1, -0.05) is 86.1 Å². The average molecular weight is 300 g/mol. The molecule has 0 aliphatic heterocycles. The second-order valence-electron chi connectivity index (χ2n) is 7.17. The lowest BCUT2D eigenvalue weighted by Crippen LogP contribution is -2.11. The van der Waals surface area contributed by atoms with Crippen LogP contribution in [0.2, 0.25) is 0 Å². The van der Waals surface area contributed by atoms with Gasteiger partial charge in [0.15, 0.2) is 0 Å². The zero-order valence-electron chi connectivity index (χ0n) is 14.1. The highest BCUT2D eigenvalue weighted by Gasteiger charge is 2.20. The van der Waals surface area contributed by atoms with Crippen LogP contribution in [-0.4, -0.2) is 7.85 Å². The van der Waals surface area contributed by atoms with Gasteiger partial charge in [-0.15, -0.1) is 0 Å². The molecule has 1 heteroatoms.